The van der Waals surface area contributed by atoms with Crippen molar-refractivity contribution in [3.05, 3.63) is 0 Å². The Kier molecular flexibility index (Phi) is 1.10. The third kappa shape index (κ3) is 1.14. The first-order valence-corrected chi connectivity index (χ1v) is 4.32. The van der Waals surface area contributed by atoms with Crippen molar-refractivity contribution in [2.45, 2.75) is 12.5 Å². The fraction of sp³-hybridized carbons (Fsp3) is 1.00. The van der Waals surface area contributed by atoms with Crippen molar-refractivity contribution in [3.8, 4) is 0 Å². The number of hydrogen-bond donors (Lipinski definition) is 3. The van der Waals surface area contributed by atoms with Gasteiger partial charge in [-0.25, -0.2) is 0 Å². The first-order chi connectivity index (χ1) is 3.41. The molecule has 0 atom stereocenters. The lowest BCUT2D eigenvalue weighted by Crippen LogP contribution is -2.56. The third-order valence-corrected chi connectivity index (χ3v) is 3.37. The number of rotatable bonds is 0. The molecule has 3 nitrogen and oxygen atoms in total. The quantitative estimate of drug-likeness (QED) is 0.454. The number of hydrogen-bond acceptors (Lipinski definition) is 3. The number of nitrogens with two attached hydrogens (primary N) is 1. The Bertz CT molecular complexity index is 90.6. The van der Waals surface area contributed by atoms with E-state index in [4.69, 9.17) is 14.8 Å². The standard InChI is InChI=1S/C4H11NO2S/c1-4(5)2-8(6,7)3-4/h6-7H,2-3,5H2,1H3. The van der Waals surface area contributed by atoms with Crippen molar-refractivity contribution >= 4 is 10.6 Å². The first kappa shape index (κ1) is 6.35. The van der Waals surface area contributed by atoms with Gasteiger partial charge in [-0.1, -0.05) is 0 Å². The second kappa shape index (κ2) is 1.39. The largest absolute Gasteiger partial charge is 0.323 e. The summed E-state index contributed by atoms with van der Waals surface area (Å²) in [6.07, 6.45) is 0. The highest BCUT2D eigenvalue weighted by molar-refractivity contribution is 8.25. The summed E-state index contributed by atoms with van der Waals surface area (Å²) >= 11 is 0. The summed E-state index contributed by atoms with van der Waals surface area (Å²) in [7, 11) is -2.21. The van der Waals surface area contributed by atoms with E-state index in [1.165, 1.54) is 0 Å². The molecular weight excluding hydrogens is 126 g/mol. The van der Waals surface area contributed by atoms with Crippen LogP contribution in [-0.2, 0) is 0 Å². The molecule has 1 heterocycles. The zero-order chi connectivity index (χ0) is 6.41. The predicted octanol–water partition coefficient (Wildman–Crippen LogP) is 0.468. The normalized spacial score (nSPS) is 35.5. The van der Waals surface area contributed by atoms with Gasteiger partial charge in [-0.2, -0.15) is 10.6 Å². The zero-order valence-electron chi connectivity index (χ0n) is 4.79. The molecule has 0 bridgehead atoms. The van der Waals surface area contributed by atoms with Gasteiger partial charge in [0.25, 0.3) is 0 Å². The summed E-state index contributed by atoms with van der Waals surface area (Å²) in [5, 5.41) is 0. The van der Waals surface area contributed by atoms with Gasteiger partial charge < -0.3 is 5.73 Å². The van der Waals surface area contributed by atoms with Gasteiger partial charge in [0.05, 0.1) is 11.5 Å². The molecule has 0 amide bonds. The molecule has 0 aromatic heterocycles. The Morgan fingerprint density at radius 3 is 1.88 bits per heavy atom. The van der Waals surface area contributed by atoms with E-state index in [0.29, 0.717) is 11.5 Å². The third-order valence-electron chi connectivity index (χ3n) is 1.12. The van der Waals surface area contributed by atoms with Crippen LogP contribution in [0.5, 0.6) is 0 Å². The summed E-state index contributed by atoms with van der Waals surface area (Å²) in [5.74, 6) is 0.750. The monoisotopic (exact) mass is 137 g/mol. The first-order valence-electron chi connectivity index (χ1n) is 2.44. The van der Waals surface area contributed by atoms with Gasteiger partial charge in [-0.05, 0) is 6.92 Å². The van der Waals surface area contributed by atoms with Crippen LogP contribution in [0.1, 0.15) is 6.92 Å². The van der Waals surface area contributed by atoms with Crippen molar-refractivity contribution in [1.82, 2.24) is 0 Å². The SMILES string of the molecule is CC1(N)CS(O)(O)C1. The van der Waals surface area contributed by atoms with E-state index in [0.717, 1.165) is 0 Å². The lowest BCUT2D eigenvalue weighted by Gasteiger charge is -2.52. The molecule has 1 fully saturated rings. The molecule has 8 heavy (non-hydrogen) atoms. The minimum Gasteiger partial charge on any atom is -0.323 e. The maximum atomic E-state index is 8.81. The lowest BCUT2D eigenvalue weighted by molar-refractivity contribution is 0.406. The minimum absolute atomic E-state index is 0.307. The van der Waals surface area contributed by atoms with Crippen LogP contribution in [0.2, 0.25) is 0 Å². The topological polar surface area (TPSA) is 66.5 Å². The van der Waals surface area contributed by atoms with Crippen molar-refractivity contribution in [1.29, 1.82) is 0 Å². The van der Waals surface area contributed by atoms with E-state index >= 15 is 0 Å². The fourth-order valence-corrected chi connectivity index (χ4v) is 3.04. The summed E-state index contributed by atoms with van der Waals surface area (Å²) in [6.45, 7) is 1.82. The zero-order valence-corrected chi connectivity index (χ0v) is 5.61. The Morgan fingerprint density at radius 1 is 1.50 bits per heavy atom. The Hall–Kier alpha value is 0.230. The molecular formula is C4H11NO2S. The summed E-state index contributed by atoms with van der Waals surface area (Å²) in [4.78, 5) is 0. The van der Waals surface area contributed by atoms with E-state index in [1.54, 1.807) is 0 Å². The smallest absolute Gasteiger partial charge is 0.0568 e. The van der Waals surface area contributed by atoms with Crippen LogP contribution >= 0.6 is 10.6 Å². The van der Waals surface area contributed by atoms with Crippen molar-refractivity contribution in [2.75, 3.05) is 11.5 Å². The molecule has 4 N–H and O–H groups in total. The van der Waals surface area contributed by atoms with Gasteiger partial charge in [0.1, 0.15) is 0 Å². The van der Waals surface area contributed by atoms with Gasteiger partial charge >= 0.3 is 0 Å². The lowest BCUT2D eigenvalue weighted by atomic mass is 10.1. The van der Waals surface area contributed by atoms with Gasteiger partial charge in [-0.3, -0.25) is 9.11 Å². The van der Waals surface area contributed by atoms with Gasteiger partial charge in [0.2, 0.25) is 0 Å². The van der Waals surface area contributed by atoms with Crippen molar-refractivity contribution < 1.29 is 9.11 Å². The molecule has 4 heteroatoms. The average molecular weight is 137 g/mol. The Labute approximate surface area is 50.2 Å². The molecule has 1 rings (SSSR count). The fourth-order valence-electron chi connectivity index (χ4n) is 1.01. The molecule has 0 radical (unpaired) electrons. The van der Waals surface area contributed by atoms with Crippen LogP contribution < -0.4 is 5.73 Å². The van der Waals surface area contributed by atoms with Gasteiger partial charge in [-0.15, -0.1) is 0 Å². The molecule has 0 aromatic carbocycles. The Balaban J connectivity index is 2.42. The van der Waals surface area contributed by atoms with Crippen LogP contribution in [0.25, 0.3) is 0 Å². The average Bonchev–Trinajstić information content (AvgIpc) is 1.20. The molecule has 1 aliphatic rings. The van der Waals surface area contributed by atoms with Crippen molar-refractivity contribution in [2.24, 2.45) is 5.73 Å². The molecule has 1 saturated heterocycles. The second-order valence-corrected chi connectivity index (χ2v) is 4.93. The molecule has 1 aliphatic heterocycles. The van der Waals surface area contributed by atoms with Crippen LogP contribution in [0.15, 0.2) is 0 Å². The summed E-state index contributed by atoms with van der Waals surface area (Å²) < 4.78 is 17.6. The molecule has 0 aliphatic carbocycles. The molecule has 0 unspecified atom stereocenters. The molecule has 50 valence electrons. The van der Waals surface area contributed by atoms with Crippen LogP contribution in [-0.4, -0.2) is 26.2 Å². The summed E-state index contributed by atoms with van der Waals surface area (Å²) in [5.41, 5.74) is 5.19. The van der Waals surface area contributed by atoms with Crippen LogP contribution in [0, 0.1) is 0 Å². The van der Waals surface area contributed by atoms with Crippen LogP contribution in [0.3, 0.4) is 0 Å². The Morgan fingerprint density at radius 2 is 1.88 bits per heavy atom. The van der Waals surface area contributed by atoms with E-state index in [-0.39, 0.29) is 5.54 Å². The highest BCUT2D eigenvalue weighted by Gasteiger charge is 2.41. The van der Waals surface area contributed by atoms with Gasteiger partial charge in [0.15, 0.2) is 0 Å². The highest BCUT2D eigenvalue weighted by Crippen LogP contribution is 2.52. The molecule has 0 saturated carbocycles. The van der Waals surface area contributed by atoms with E-state index in [1.807, 2.05) is 6.92 Å². The van der Waals surface area contributed by atoms with E-state index in [2.05, 4.69) is 0 Å². The second-order valence-electron chi connectivity index (χ2n) is 2.74. The van der Waals surface area contributed by atoms with Crippen LogP contribution in [0.4, 0.5) is 0 Å². The van der Waals surface area contributed by atoms with Crippen molar-refractivity contribution in [3.63, 3.8) is 0 Å². The van der Waals surface area contributed by atoms with Gasteiger partial charge in [0, 0.05) is 5.54 Å². The summed E-state index contributed by atoms with van der Waals surface area (Å²) in [6, 6.07) is 0. The molecule has 0 aromatic rings. The highest BCUT2D eigenvalue weighted by atomic mass is 32.3. The van der Waals surface area contributed by atoms with E-state index < -0.39 is 10.6 Å². The maximum Gasteiger partial charge on any atom is 0.0568 e. The molecule has 0 spiro atoms. The maximum absolute atomic E-state index is 8.81. The predicted molar refractivity (Wildman–Crippen MR) is 35.2 cm³/mol. The minimum atomic E-state index is -2.21. The van der Waals surface area contributed by atoms with E-state index in [9.17, 15) is 0 Å².